The van der Waals surface area contributed by atoms with E-state index in [9.17, 15) is 4.79 Å². The summed E-state index contributed by atoms with van der Waals surface area (Å²) in [6.07, 6.45) is 2.81. The van der Waals surface area contributed by atoms with Crippen LogP contribution in [0, 0.1) is 0 Å². The Bertz CT molecular complexity index is 609. The number of benzene rings is 1. The van der Waals surface area contributed by atoms with Crippen molar-refractivity contribution in [2.24, 2.45) is 5.73 Å². The standard InChI is InChI=1S/C14H17ClN4O/c1-2-7-19-11(5-6-18-19)9-17-10-3-4-13(15)12(8-10)14(16)20/h3-6,8,17H,2,7,9H2,1H3,(H2,16,20). The van der Waals surface area contributed by atoms with Crippen molar-refractivity contribution in [1.82, 2.24) is 9.78 Å². The Kier molecular flexibility index (Phi) is 4.63. The molecule has 1 aromatic carbocycles. The van der Waals surface area contributed by atoms with Gasteiger partial charge in [-0.05, 0) is 30.7 Å². The maximum Gasteiger partial charge on any atom is 0.250 e. The van der Waals surface area contributed by atoms with Gasteiger partial charge in [0.2, 0.25) is 5.91 Å². The summed E-state index contributed by atoms with van der Waals surface area (Å²) in [4.78, 5) is 11.2. The molecule has 3 N–H and O–H groups in total. The normalized spacial score (nSPS) is 10.5. The molecule has 1 amide bonds. The molecular formula is C14H17ClN4O. The molecule has 6 heteroatoms. The Hall–Kier alpha value is -2.01. The van der Waals surface area contributed by atoms with Crippen LogP contribution in [0.15, 0.2) is 30.5 Å². The van der Waals surface area contributed by atoms with Crippen LogP contribution in [0.5, 0.6) is 0 Å². The fourth-order valence-corrected chi connectivity index (χ4v) is 2.15. The summed E-state index contributed by atoms with van der Waals surface area (Å²) in [6.45, 7) is 3.62. The molecule has 2 aromatic rings. The largest absolute Gasteiger partial charge is 0.379 e. The smallest absolute Gasteiger partial charge is 0.250 e. The second-order valence-corrected chi connectivity index (χ2v) is 4.87. The zero-order valence-corrected chi connectivity index (χ0v) is 12.0. The maximum atomic E-state index is 11.2. The van der Waals surface area contributed by atoms with Gasteiger partial charge in [0, 0.05) is 18.4 Å². The SMILES string of the molecule is CCCn1nccc1CNc1ccc(Cl)c(C(N)=O)c1. The first-order chi connectivity index (χ1) is 9.61. The van der Waals surface area contributed by atoms with E-state index in [2.05, 4.69) is 17.3 Å². The van der Waals surface area contributed by atoms with Crippen LogP contribution in [0.1, 0.15) is 29.4 Å². The van der Waals surface area contributed by atoms with E-state index < -0.39 is 5.91 Å². The zero-order valence-electron chi connectivity index (χ0n) is 11.3. The van der Waals surface area contributed by atoms with Crippen molar-refractivity contribution in [2.75, 3.05) is 5.32 Å². The number of primary amides is 1. The van der Waals surface area contributed by atoms with E-state index in [1.165, 1.54) is 0 Å². The van der Waals surface area contributed by atoms with Crippen molar-refractivity contribution < 1.29 is 4.79 Å². The van der Waals surface area contributed by atoms with Crippen LogP contribution in [-0.2, 0) is 13.1 Å². The van der Waals surface area contributed by atoms with Gasteiger partial charge in [-0.1, -0.05) is 18.5 Å². The third kappa shape index (κ3) is 3.30. The van der Waals surface area contributed by atoms with Crippen molar-refractivity contribution in [3.63, 3.8) is 0 Å². The number of carbonyl (C=O) groups excluding carboxylic acids is 1. The number of nitrogens with zero attached hydrogens (tertiary/aromatic N) is 2. The lowest BCUT2D eigenvalue weighted by atomic mass is 10.2. The third-order valence-corrected chi connectivity index (χ3v) is 3.27. The predicted molar refractivity (Wildman–Crippen MR) is 79.8 cm³/mol. The van der Waals surface area contributed by atoms with Crippen LogP contribution in [0.3, 0.4) is 0 Å². The molecule has 0 bridgehead atoms. The van der Waals surface area contributed by atoms with Gasteiger partial charge in [-0.15, -0.1) is 0 Å². The van der Waals surface area contributed by atoms with Crippen molar-refractivity contribution in [3.8, 4) is 0 Å². The Morgan fingerprint density at radius 1 is 1.45 bits per heavy atom. The summed E-state index contributed by atoms with van der Waals surface area (Å²) in [5.74, 6) is -0.533. The third-order valence-electron chi connectivity index (χ3n) is 2.95. The lowest BCUT2D eigenvalue weighted by molar-refractivity contribution is 0.100. The monoisotopic (exact) mass is 292 g/mol. The Morgan fingerprint density at radius 2 is 2.25 bits per heavy atom. The van der Waals surface area contributed by atoms with E-state index in [4.69, 9.17) is 17.3 Å². The molecule has 0 saturated carbocycles. The van der Waals surface area contributed by atoms with Crippen molar-refractivity contribution in [1.29, 1.82) is 0 Å². The van der Waals surface area contributed by atoms with Crippen LogP contribution in [0.2, 0.25) is 5.02 Å². The van der Waals surface area contributed by atoms with Crippen molar-refractivity contribution in [2.45, 2.75) is 26.4 Å². The lowest BCUT2D eigenvalue weighted by Crippen LogP contribution is -2.13. The number of nitrogens with two attached hydrogens (primary N) is 1. The Balaban J connectivity index is 2.09. The van der Waals surface area contributed by atoms with Gasteiger partial charge in [0.05, 0.1) is 22.8 Å². The molecule has 0 aliphatic rings. The molecule has 0 spiro atoms. The van der Waals surface area contributed by atoms with Crippen LogP contribution in [0.4, 0.5) is 5.69 Å². The highest BCUT2D eigenvalue weighted by Crippen LogP contribution is 2.20. The summed E-state index contributed by atoms with van der Waals surface area (Å²) in [7, 11) is 0. The number of anilines is 1. The first kappa shape index (κ1) is 14.4. The van der Waals surface area contributed by atoms with Crippen LogP contribution in [-0.4, -0.2) is 15.7 Å². The highest BCUT2D eigenvalue weighted by Gasteiger charge is 2.08. The van der Waals surface area contributed by atoms with E-state index in [1.807, 2.05) is 16.8 Å². The Morgan fingerprint density at radius 3 is 2.95 bits per heavy atom. The molecule has 0 radical (unpaired) electrons. The zero-order chi connectivity index (χ0) is 14.5. The number of carbonyl (C=O) groups is 1. The fourth-order valence-electron chi connectivity index (χ4n) is 1.94. The number of hydrogen-bond acceptors (Lipinski definition) is 3. The number of nitrogens with one attached hydrogen (secondary N) is 1. The van der Waals surface area contributed by atoms with Crippen LogP contribution >= 0.6 is 11.6 Å². The second-order valence-electron chi connectivity index (χ2n) is 4.46. The first-order valence-corrected chi connectivity index (χ1v) is 6.83. The molecule has 106 valence electrons. The quantitative estimate of drug-likeness (QED) is 0.859. The van der Waals surface area contributed by atoms with Gasteiger partial charge in [-0.25, -0.2) is 0 Å². The van der Waals surface area contributed by atoms with E-state index in [0.717, 1.165) is 24.3 Å². The first-order valence-electron chi connectivity index (χ1n) is 6.45. The molecule has 2 rings (SSSR count). The van der Waals surface area contributed by atoms with Crippen LogP contribution < -0.4 is 11.1 Å². The van der Waals surface area contributed by atoms with Gasteiger partial charge in [0.1, 0.15) is 0 Å². The fraction of sp³-hybridized carbons (Fsp3) is 0.286. The molecule has 1 heterocycles. The number of hydrogen-bond donors (Lipinski definition) is 2. The minimum absolute atomic E-state index is 0.318. The van der Waals surface area contributed by atoms with E-state index in [-0.39, 0.29) is 0 Å². The molecule has 0 aliphatic heterocycles. The number of rotatable bonds is 6. The summed E-state index contributed by atoms with van der Waals surface area (Å²) < 4.78 is 1.96. The minimum Gasteiger partial charge on any atom is -0.379 e. The molecule has 1 aromatic heterocycles. The van der Waals surface area contributed by atoms with Gasteiger partial charge in [0.15, 0.2) is 0 Å². The average Bonchev–Trinajstić information content (AvgIpc) is 2.85. The topological polar surface area (TPSA) is 72.9 Å². The molecular weight excluding hydrogens is 276 g/mol. The van der Waals surface area contributed by atoms with E-state index >= 15 is 0 Å². The van der Waals surface area contributed by atoms with Crippen molar-refractivity contribution >= 4 is 23.2 Å². The summed E-state index contributed by atoms with van der Waals surface area (Å²) in [5, 5.41) is 7.86. The van der Waals surface area contributed by atoms with E-state index in [0.29, 0.717) is 17.1 Å². The summed E-state index contributed by atoms with van der Waals surface area (Å²) >= 11 is 5.91. The molecule has 0 saturated heterocycles. The number of halogens is 1. The highest BCUT2D eigenvalue weighted by atomic mass is 35.5. The van der Waals surface area contributed by atoms with Crippen molar-refractivity contribution in [3.05, 3.63) is 46.7 Å². The number of aryl methyl sites for hydroxylation is 1. The second kappa shape index (κ2) is 6.43. The average molecular weight is 293 g/mol. The lowest BCUT2D eigenvalue weighted by Gasteiger charge is -2.10. The molecule has 0 fully saturated rings. The minimum atomic E-state index is -0.533. The van der Waals surface area contributed by atoms with Gasteiger partial charge in [-0.2, -0.15) is 5.10 Å². The van der Waals surface area contributed by atoms with Gasteiger partial charge in [0.25, 0.3) is 0 Å². The van der Waals surface area contributed by atoms with Gasteiger partial charge >= 0.3 is 0 Å². The van der Waals surface area contributed by atoms with Gasteiger partial charge in [-0.3, -0.25) is 9.48 Å². The number of aromatic nitrogens is 2. The molecule has 0 atom stereocenters. The van der Waals surface area contributed by atoms with E-state index in [1.54, 1.807) is 18.3 Å². The highest BCUT2D eigenvalue weighted by molar-refractivity contribution is 6.33. The summed E-state index contributed by atoms with van der Waals surface area (Å²) in [5.41, 5.74) is 7.48. The Labute approximate surface area is 122 Å². The molecule has 0 aliphatic carbocycles. The van der Waals surface area contributed by atoms with Gasteiger partial charge < -0.3 is 11.1 Å². The molecule has 0 unspecified atom stereocenters. The predicted octanol–water partition coefficient (Wildman–Crippen LogP) is 2.66. The molecule has 20 heavy (non-hydrogen) atoms. The van der Waals surface area contributed by atoms with Crippen LogP contribution in [0.25, 0.3) is 0 Å². The molecule has 5 nitrogen and oxygen atoms in total. The summed E-state index contributed by atoms with van der Waals surface area (Å²) in [6, 6.07) is 7.10. The number of amides is 1. The maximum absolute atomic E-state index is 11.2.